The maximum atomic E-state index is 12.8. The average Bonchev–Trinajstić information content (AvgIpc) is 3.27. The number of nitrogens with one attached hydrogen (secondary N) is 4. The van der Waals surface area contributed by atoms with Crippen LogP contribution in [-0.4, -0.2) is 5.97 Å². The smallest absolute Gasteiger partial charge is 0.339 e. The second kappa shape index (κ2) is 8.11. The number of ether oxygens (including phenoxy) is 1. The summed E-state index contributed by atoms with van der Waals surface area (Å²) in [5, 5.41) is 0. The first-order chi connectivity index (χ1) is 13.3. The Labute approximate surface area is 157 Å². The van der Waals surface area contributed by atoms with Crippen LogP contribution < -0.4 is 21.9 Å². The molecule has 136 valence electrons. The largest absolute Gasteiger partial charge is 0.457 e. The molecule has 0 atom stereocenters. The van der Waals surface area contributed by atoms with E-state index in [2.05, 4.69) is 21.9 Å². The fraction of sp³-hybridized carbons (Fsp3) is 0.0952. The van der Waals surface area contributed by atoms with Crippen molar-refractivity contribution in [1.82, 2.24) is 21.9 Å². The zero-order valence-electron chi connectivity index (χ0n) is 14.6. The molecule has 6 heteroatoms. The van der Waals surface area contributed by atoms with Gasteiger partial charge >= 0.3 is 5.97 Å². The highest BCUT2D eigenvalue weighted by molar-refractivity contribution is 5.97. The van der Waals surface area contributed by atoms with Gasteiger partial charge in [0.2, 0.25) is 0 Å². The molecule has 4 rings (SSSR count). The van der Waals surface area contributed by atoms with Crippen LogP contribution in [-0.2, 0) is 11.3 Å². The van der Waals surface area contributed by atoms with Crippen LogP contribution in [0.2, 0.25) is 0 Å². The van der Waals surface area contributed by atoms with Crippen LogP contribution in [0.1, 0.15) is 27.7 Å². The summed E-state index contributed by atoms with van der Waals surface area (Å²) in [6, 6.07) is 25.1. The molecule has 3 aromatic rings. The summed E-state index contributed by atoms with van der Waals surface area (Å²) in [6.45, 7) is 0.245. The summed E-state index contributed by atoms with van der Waals surface area (Å²) in [6.07, 6.45) is -0.130. The normalized spacial score (nSPS) is 14.2. The molecule has 1 aliphatic heterocycles. The van der Waals surface area contributed by atoms with Gasteiger partial charge in [-0.15, -0.1) is 0 Å². The van der Waals surface area contributed by atoms with Crippen LogP contribution in [0.3, 0.4) is 0 Å². The monoisotopic (exact) mass is 360 g/mol. The molecule has 0 radical (unpaired) electrons. The summed E-state index contributed by atoms with van der Waals surface area (Å²) in [5.74, 6) is -0.340. The van der Waals surface area contributed by atoms with Crippen molar-refractivity contribution in [2.45, 2.75) is 12.8 Å². The zero-order valence-corrected chi connectivity index (χ0v) is 14.6. The van der Waals surface area contributed by atoms with Crippen LogP contribution in [0, 0.1) is 0 Å². The highest BCUT2D eigenvalue weighted by Gasteiger charge is 2.21. The molecule has 0 aliphatic carbocycles. The average molecular weight is 360 g/mol. The third-order valence-electron chi connectivity index (χ3n) is 4.42. The molecular weight excluding hydrogens is 340 g/mol. The molecule has 0 unspecified atom stereocenters. The first kappa shape index (κ1) is 17.4. The first-order valence-corrected chi connectivity index (χ1v) is 8.73. The Balaban J connectivity index is 1.63. The maximum absolute atomic E-state index is 12.8. The van der Waals surface area contributed by atoms with Gasteiger partial charge in [0.1, 0.15) is 12.8 Å². The minimum atomic E-state index is -0.340. The Morgan fingerprint density at radius 3 is 2.19 bits per heavy atom. The Hall–Kier alpha value is -3.03. The fourth-order valence-corrected chi connectivity index (χ4v) is 3.10. The highest BCUT2D eigenvalue weighted by atomic mass is 16.5. The van der Waals surface area contributed by atoms with Gasteiger partial charge in [0, 0.05) is 0 Å². The number of hydrogen-bond acceptors (Lipinski definition) is 6. The number of carbonyl (C=O) groups is 1. The lowest BCUT2D eigenvalue weighted by atomic mass is 9.94. The number of rotatable bonds is 5. The molecule has 0 bridgehead atoms. The van der Waals surface area contributed by atoms with Crippen LogP contribution in [0.15, 0.2) is 78.9 Å². The van der Waals surface area contributed by atoms with Gasteiger partial charge in [-0.1, -0.05) is 72.8 Å². The van der Waals surface area contributed by atoms with E-state index in [-0.39, 0.29) is 18.7 Å². The van der Waals surface area contributed by atoms with E-state index in [1.54, 1.807) is 6.07 Å². The van der Waals surface area contributed by atoms with Gasteiger partial charge < -0.3 is 4.74 Å². The van der Waals surface area contributed by atoms with Crippen LogP contribution in [0.4, 0.5) is 0 Å². The minimum Gasteiger partial charge on any atom is -0.457 e. The van der Waals surface area contributed by atoms with Gasteiger partial charge in [-0.05, 0) is 28.3 Å². The zero-order chi connectivity index (χ0) is 18.5. The maximum Gasteiger partial charge on any atom is 0.339 e. The van der Waals surface area contributed by atoms with Crippen molar-refractivity contribution in [1.29, 1.82) is 0 Å². The quantitative estimate of drug-likeness (QED) is 0.525. The molecule has 1 saturated heterocycles. The Morgan fingerprint density at radius 2 is 1.41 bits per heavy atom. The van der Waals surface area contributed by atoms with Crippen LogP contribution >= 0.6 is 0 Å². The summed E-state index contributed by atoms with van der Waals surface area (Å²) < 4.78 is 5.55. The third-order valence-corrected chi connectivity index (χ3v) is 4.42. The third kappa shape index (κ3) is 3.89. The molecule has 0 spiro atoms. The Bertz CT molecular complexity index is 924. The van der Waals surface area contributed by atoms with Gasteiger partial charge in [-0.3, -0.25) is 0 Å². The number of hydrogen-bond donors (Lipinski definition) is 4. The van der Waals surface area contributed by atoms with Crippen molar-refractivity contribution in [3.05, 3.63) is 95.6 Å². The van der Waals surface area contributed by atoms with Gasteiger partial charge in [0.15, 0.2) is 0 Å². The van der Waals surface area contributed by atoms with Crippen molar-refractivity contribution in [3.63, 3.8) is 0 Å². The van der Waals surface area contributed by atoms with Crippen molar-refractivity contribution in [2.75, 3.05) is 0 Å². The van der Waals surface area contributed by atoms with Gasteiger partial charge in [0.25, 0.3) is 0 Å². The van der Waals surface area contributed by atoms with Crippen LogP contribution in [0.25, 0.3) is 11.1 Å². The van der Waals surface area contributed by atoms with E-state index >= 15 is 0 Å². The van der Waals surface area contributed by atoms with Crippen molar-refractivity contribution in [2.24, 2.45) is 0 Å². The SMILES string of the molecule is O=C(OCc1ccccc1)c1ccccc1-c1ccccc1C1NNNN1. The minimum absolute atomic E-state index is 0.130. The number of carbonyl (C=O) groups excluding carboxylic acids is 1. The molecule has 1 aliphatic rings. The van der Waals surface area contributed by atoms with E-state index in [9.17, 15) is 4.79 Å². The van der Waals surface area contributed by atoms with E-state index in [1.807, 2.05) is 72.8 Å². The van der Waals surface area contributed by atoms with E-state index < -0.39 is 0 Å². The summed E-state index contributed by atoms with van der Waals surface area (Å²) >= 11 is 0. The second-order valence-electron chi connectivity index (χ2n) is 6.17. The fourth-order valence-electron chi connectivity index (χ4n) is 3.10. The predicted octanol–water partition coefficient (Wildman–Crippen LogP) is 2.83. The second-order valence-corrected chi connectivity index (χ2v) is 6.17. The number of benzene rings is 3. The van der Waals surface area contributed by atoms with Crippen molar-refractivity contribution in [3.8, 4) is 11.1 Å². The van der Waals surface area contributed by atoms with E-state index in [1.165, 1.54) is 0 Å². The van der Waals surface area contributed by atoms with Crippen molar-refractivity contribution < 1.29 is 9.53 Å². The lowest BCUT2D eigenvalue weighted by Gasteiger charge is -2.17. The summed E-state index contributed by atoms with van der Waals surface area (Å²) in [4.78, 5) is 12.8. The van der Waals surface area contributed by atoms with Gasteiger partial charge in [-0.25, -0.2) is 15.6 Å². The molecule has 3 aromatic carbocycles. The number of esters is 1. The molecule has 4 N–H and O–H groups in total. The van der Waals surface area contributed by atoms with E-state index in [4.69, 9.17) is 4.74 Å². The van der Waals surface area contributed by atoms with Crippen molar-refractivity contribution >= 4 is 5.97 Å². The molecule has 27 heavy (non-hydrogen) atoms. The predicted molar refractivity (Wildman–Crippen MR) is 103 cm³/mol. The molecule has 0 amide bonds. The Kier molecular flexibility index (Phi) is 5.22. The number of hydrazine groups is 3. The van der Waals surface area contributed by atoms with E-state index in [0.717, 1.165) is 22.3 Å². The van der Waals surface area contributed by atoms with Crippen LogP contribution in [0.5, 0.6) is 0 Å². The van der Waals surface area contributed by atoms with E-state index in [0.29, 0.717) is 5.56 Å². The molecule has 6 nitrogen and oxygen atoms in total. The van der Waals surface area contributed by atoms with Gasteiger partial charge in [0.05, 0.1) is 5.56 Å². The molecule has 0 aromatic heterocycles. The standard InChI is InChI=1S/C21H20N4O2/c26-21(27-14-15-8-2-1-3-9-15)19-13-7-5-11-17(19)16-10-4-6-12-18(16)20-22-24-25-23-20/h1-13,20,22-25H,14H2. The lowest BCUT2D eigenvalue weighted by molar-refractivity contribution is 0.0473. The highest BCUT2D eigenvalue weighted by Crippen LogP contribution is 2.30. The Morgan fingerprint density at radius 1 is 0.778 bits per heavy atom. The summed E-state index contributed by atoms with van der Waals surface area (Å²) in [7, 11) is 0. The lowest BCUT2D eigenvalue weighted by Crippen LogP contribution is -2.33. The molecular formula is C21H20N4O2. The van der Waals surface area contributed by atoms with Gasteiger partial charge in [-0.2, -0.15) is 11.1 Å². The molecule has 1 fully saturated rings. The molecule has 1 heterocycles. The summed E-state index contributed by atoms with van der Waals surface area (Å²) in [5.41, 5.74) is 16.1. The topological polar surface area (TPSA) is 74.4 Å². The first-order valence-electron chi connectivity index (χ1n) is 8.73. The molecule has 0 saturated carbocycles.